The minimum atomic E-state index is -0.129. The van der Waals surface area contributed by atoms with Crippen LogP contribution in [0.4, 0.5) is 0 Å². The summed E-state index contributed by atoms with van der Waals surface area (Å²) in [6.07, 6.45) is 2.82. The van der Waals surface area contributed by atoms with Gasteiger partial charge in [-0.1, -0.05) is 17.7 Å². The topological polar surface area (TPSA) is 68.3 Å². The summed E-state index contributed by atoms with van der Waals surface area (Å²) in [4.78, 5) is 3.42. The Balaban J connectivity index is 2.09. The molecule has 0 amide bonds. The van der Waals surface area contributed by atoms with Crippen molar-refractivity contribution in [3.8, 4) is 0 Å². The van der Waals surface area contributed by atoms with Crippen molar-refractivity contribution < 1.29 is 10.2 Å². The first-order valence-electron chi connectivity index (χ1n) is 6.67. The molecule has 1 aromatic carbocycles. The second-order valence-corrected chi connectivity index (χ2v) is 5.47. The van der Waals surface area contributed by atoms with Crippen LogP contribution in [0.1, 0.15) is 17.3 Å². The number of rotatable bonds is 3. The molecule has 5 heteroatoms. The van der Waals surface area contributed by atoms with Crippen molar-refractivity contribution in [3.63, 3.8) is 0 Å². The number of aliphatic hydroxyl groups excluding tert-OH is 2. The molecule has 1 atom stereocenters. The van der Waals surface area contributed by atoms with Gasteiger partial charge in [0.15, 0.2) is 0 Å². The molecule has 4 N–H and O–H groups in total. The lowest BCUT2D eigenvalue weighted by Crippen LogP contribution is -2.29. The normalized spacial score (nSPS) is 18.1. The van der Waals surface area contributed by atoms with Crippen molar-refractivity contribution in [1.29, 1.82) is 0 Å². The largest absolute Gasteiger partial charge is 0.392 e. The Kier molecular flexibility index (Phi) is 3.81. The molecule has 1 aliphatic heterocycles. The third-order valence-corrected chi connectivity index (χ3v) is 4.00. The van der Waals surface area contributed by atoms with E-state index < -0.39 is 0 Å². The maximum atomic E-state index is 9.20. The van der Waals surface area contributed by atoms with E-state index in [1.807, 2.05) is 24.3 Å². The highest BCUT2D eigenvalue weighted by Crippen LogP contribution is 2.32. The Morgan fingerprint density at radius 3 is 2.90 bits per heavy atom. The molecule has 0 fully saturated rings. The van der Waals surface area contributed by atoms with E-state index in [0.717, 1.165) is 34.6 Å². The highest BCUT2D eigenvalue weighted by atomic mass is 35.5. The minimum Gasteiger partial charge on any atom is -0.392 e. The molecule has 0 aliphatic carbocycles. The molecule has 0 unspecified atom stereocenters. The molecule has 2 aromatic rings. The van der Waals surface area contributed by atoms with Crippen LogP contribution >= 0.6 is 11.6 Å². The van der Waals surface area contributed by atoms with Crippen molar-refractivity contribution in [2.45, 2.75) is 12.5 Å². The van der Waals surface area contributed by atoms with E-state index >= 15 is 0 Å². The minimum absolute atomic E-state index is 0.0146. The first-order chi connectivity index (χ1) is 9.72. The van der Waals surface area contributed by atoms with Gasteiger partial charge in [0.2, 0.25) is 0 Å². The quantitative estimate of drug-likeness (QED) is 0.653. The maximum Gasteiger partial charge on any atom is 0.0666 e. The maximum absolute atomic E-state index is 9.20. The Morgan fingerprint density at radius 2 is 2.15 bits per heavy atom. The van der Waals surface area contributed by atoms with E-state index in [1.165, 1.54) is 5.56 Å². The Bertz CT molecular complexity index is 657. The molecule has 2 heterocycles. The van der Waals surface area contributed by atoms with Gasteiger partial charge in [0.1, 0.15) is 0 Å². The summed E-state index contributed by atoms with van der Waals surface area (Å²) in [6, 6.07) is 5.82. The molecule has 0 bridgehead atoms. The van der Waals surface area contributed by atoms with Crippen molar-refractivity contribution in [2.24, 2.45) is 0 Å². The van der Waals surface area contributed by atoms with Gasteiger partial charge in [-0.05, 0) is 35.8 Å². The van der Waals surface area contributed by atoms with Crippen molar-refractivity contribution in [1.82, 2.24) is 10.3 Å². The number of aromatic nitrogens is 1. The lowest BCUT2D eigenvalue weighted by atomic mass is 9.98. The molecule has 0 saturated heterocycles. The number of halogens is 1. The second kappa shape index (κ2) is 5.58. The molecule has 1 aliphatic rings. The summed E-state index contributed by atoms with van der Waals surface area (Å²) in [5.41, 5.74) is 4.04. The van der Waals surface area contributed by atoms with Crippen LogP contribution in [-0.2, 0) is 6.42 Å². The van der Waals surface area contributed by atoms with E-state index in [4.69, 9.17) is 11.6 Å². The molecule has 3 rings (SSSR count). The third-order valence-electron chi connectivity index (χ3n) is 3.76. The predicted octanol–water partition coefficient (Wildman–Crippen LogP) is 1.92. The summed E-state index contributed by atoms with van der Waals surface area (Å²) < 4.78 is 0. The SMILES string of the molecule is OCC(=C[C@@H]1NCCc2c1[nH]c1ccc(Cl)cc21)CO. The van der Waals surface area contributed by atoms with Gasteiger partial charge < -0.3 is 20.5 Å². The zero-order valence-electron chi connectivity index (χ0n) is 11.0. The summed E-state index contributed by atoms with van der Waals surface area (Å²) in [7, 11) is 0. The number of nitrogens with one attached hydrogen (secondary N) is 2. The smallest absolute Gasteiger partial charge is 0.0666 e. The van der Waals surface area contributed by atoms with Crippen LogP contribution in [0.2, 0.25) is 5.02 Å². The molecule has 0 radical (unpaired) electrons. The number of aromatic amines is 1. The Labute approximate surface area is 122 Å². The number of H-pyrrole nitrogens is 1. The van der Waals surface area contributed by atoms with Crippen molar-refractivity contribution in [3.05, 3.63) is 46.1 Å². The third kappa shape index (κ3) is 2.36. The van der Waals surface area contributed by atoms with Gasteiger partial charge in [-0.15, -0.1) is 0 Å². The predicted molar refractivity (Wildman–Crippen MR) is 80.0 cm³/mol. The highest BCUT2D eigenvalue weighted by molar-refractivity contribution is 6.31. The molecule has 0 saturated carbocycles. The number of aliphatic hydroxyl groups is 2. The van der Waals surface area contributed by atoms with Crippen LogP contribution in [0.5, 0.6) is 0 Å². The van der Waals surface area contributed by atoms with Crippen LogP contribution in [0.25, 0.3) is 10.9 Å². The van der Waals surface area contributed by atoms with Crippen LogP contribution in [0.3, 0.4) is 0 Å². The van der Waals surface area contributed by atoms with Crippen molar-refractivity contribution >= 4 is 22.5 Å². The molecule has 20 heavy (non-hydrogen) atoms. The first kappa shape index (κ1) is 13.6. The molecule has 0 spiro atoms. The zero-order valence-corrected chi connectivity index (χ0v) is 11.7. The fraction of sp³-hybridized carbons (Fsp3) is 0.333. The summed E-state index contributed by atoms with van der Waals surface area (Å²) in [5, 5.41) is 23.7. The fourth-order valence-corrected chi connectivity index (χ4v) is 2.94. The van der Waals surface area contributed by atoms with Gasteiger partial charge in [-0.3, -0.25) is 0 Å². The lowest BCUT2D eigenvalue weighted by Gasteiger charge is -2.22. The molecule has 106 valence electrons. The summed E-state index contributed by atoms with van der Waals surface area (Å²) >= 11 is 6.08. The van der Waals surface area contributed by atoms with Crippen molar-refractivity contribution in [2.75, 3.05) is 19.8 Å². The van der Waals surface area contributed by atoms with E-state index in [1.54, 1.807) is 0 Å². The molecular weight excluding hydrogens is 276 g/mol. The van der Waals surface area contributed by atoms with Gasteiger partial charge in [-0.2, -0.15) is 0 Å². The van der Waals surface area contributed by atoms with Gasteiger partial charge >= 0.3 is 0 Å². The lowest BCUT2D eigenvalue weighted by molar-refractivity contribution is 0.275. The zero-order chi connectivity index (χ0) is 14.1. The molecular formula is C15H17ClN2O2. The van der Waals surface area contributed by atoms with Gasteiger partial charge in [0, 0.05) is 28.2 Å². The van der Waals surface area contributed by atoms with E-state index in [0.29, 0.717) is 5.57 Å². The van der Waals surface area contributed by atoms with Crippen LogP contribution in [0, 0.1) is 0 Å². The Morgan fingerprint density at radius 1 is 1.35 bits per heavy atom. The number of fused-ring (bicyclic) bond motifs is 3. The van der Waals surface area contributed by atoms with E-state index in [-0.39, 0.29) is 19.3 Å². The standard InChI is InChI=1S/C15H17ClN2O2/c16-10-1-2-13-12(6-10)11-3-4-17-14(15(11)18-13)5-9(7-19)8-20/h1-2,5-6,14,17-20H,3-4,7-8H2/t14-/m0/s1. The van der Waals surface area contributed by atoms with Crippen LogP contribution in [0.15, 0.2) is 29.8 Å². The van der Waals surface area contributed by atoms with Crippen LogP contribution in [-0.4, -0.2) is 35.0 Å². The molecule has 1 aromatic heterocycles. The monoisotopic (exact) mass is 292 g/mol. The fourth-order valence-electron chi connectivity index (χ4n) is 2.76. The van der Waals surface area contributed by atoms with E-state index in [9.17, 15) is 10.2 Å². The van der Waals surface area contributed by atoms with Gasteiger partial charge in [-0.25, -0.2) is 0 Å². The number of hydrogen-bond donors (Lipinski definition) is 4. The van der Waals surface area contributed by atoms with Crippen LogP contribution < -0.4 is 5.32 Å². The summed E-state index contributed by atoms with van der Waals surface area (Å²) in [5.74, 6) is 0. The Hall–Kier alpha value is -1.33. The van der Waals surface area contributed by atoms with Gasteiger partial charge in [0.25, 0.3) is 0 Å². The van der Waals surface area contributed by atoms with E-state index in [2.05, 4.69) is 10.3 Å². The highest BCUT2D eigenvalue weighted by Gasteiger charge is 2.22. The average Bonchev–Trinajstić information content (AvgIpc) is 2.83. The average molecular weight is 293 g/mol. The second-order valence-electron chi connectivity index (χ2n) is 5.03. The summed E-state index contributed by atoms with van der Waals surface area (Å²) in [6.45, 7) is 0.601. The number of benzene rings is 1. The first-order valence-corrected chi connectivity index (χ1v) is 7.05. The molecule has 4 nitrogen and oxygen atoms in total. The van der Waals surface area contributed by atoms with Gasteiger partial charge in [0.05, 0.1) is 19.3 Å². The number of hydrogen-bond acceptors (Lipinski definition) is 3.